The summed E-state index contributed by atoms with van der Waals surface area (Å²) in [5, 5.41) is 4.03. The van der Waals surface area contributed by atoms with Crippen LogP contribution < -0.4 is 5.32 Å². The second-order valence-corrected chi connectivity index (χ2v) is 9.48. The molecule has 34 heavy (non-hydrogen) atoms. The maximum absolute atomic E-state index is 13.0. The van der Waals surface area contributed by atoms with Gasteiger partial charge in [0.2, 0.25) is 0 Å². The zero-order valence-electron chi connectivity index (χ0n) is 19.8. The van der Waals surface area contributed by atoms with E-state index in [2.05, 4.69) is 29.0 Å². The number of carbonyl (C=O) groups excluding carboxylic acids is 2. The molecule has 1 aliphatic rings. The average Bonchev–Trinajstić information content (AvgIpc) is 3.14. The number of rotatable bonds is 6. The summed E-state index contributed by atoms with van der Waals surface area (Å²) in [5.74, 6) is -0.122. The van der Waals surface area contributed by atoms with Gasteiger partial charge in [-0.05, 0) is 56.2 Å². The van der Waals surface area contributed by atoms with Crippen molar-refractivity contribution in [3.63, 3.8) is 0 Å². The molecule has 3 heterocycles. The minimum absolute atomic E-state index is 0.0663. The second-order valence-electron chi connectivity index (χ2n) is 8.25. The first-order valence-corrected chi connectivity index (χ1v) is 12.3. The number of benzene rings is 1. The molecule has 3 aromatic rings. The number of aryl methyl sites for hydroxylation is 1. The van der Waals surface area contributed by atoms with Gasteiger partial charge in [-0.25, -0.2) is 4.79 Å². The number of ether oxygens (including phenoxy) is 1. The maximum atomic E-state index is 13.0. The molecule has 178 valence electrons. The van der Waals surface area contributed by atoms with Gasteiger partial charge in [0.1, 0.15) is 5.00 Å². The Balaban J connectivity index is 1.67. The van der Waals surface area contributed by atoms with Crippen LogP contribution in [0.15, 0.2) is 54.9 Å². The SMILES string of the molecule is CCOC(=O)N1CCN([C@H](c2ccncc2)c2c(NC(=O)c3ccccc3)sc(C)c2C)CC1. The van der Waals surface area contributed by atoms with Crippen LogP contribution in [0, 0.1) is 13.8 Å². The van der Waals surface area contributed by atoms with E-state index in [0.29, 0.717) is 38.3 Å². The molecule has 7 nitrogen and oxygen atoms in total. The monoisotopic (exact) mass is 478 g/mol. The first-order valence-electron chi connectivity index (χ1n) is 11.5. The number of nitrogens with zero attached hydrogens (tertiary/aromatic N) is 3. The minimum Gasteiger partial charge on any atom is -0.450 e. The van der Waals surface area contributed by atoms with Crippen LogP contribution in [0.2, 0.25) is 0 Å². The van der Waals surface area contributed by atoms with E-state index in [9.17, 15) is 9.59 Å². The largest absolute Gasteiger partial charge is 0.450 e. The van der Waals surface area contributed by atoms with Gasteiger partial charge in [0.15, 0.2) is 0 Å². The highest BCUT2D eigenvalue weighted by Gasteiger charge is 2.32. The zero-order valence-corrected chi connectivity index (χ0v) is 20.6. The third kappa shape index (κ3) is 5.13. The van der Waals surface area contributed by atoms with Crippen LogP contribution in [-0.4, -0.2) is 59.6 Å². The molecule has 0 radical (unpaired) electrons. The van der Waals surface area contributed by atoms with Crippen molar-refractivity contribution in [2.45, 2.75) is 26.8 Å². The highest BCUT2D eigenvalue weighted by atomic mass is 32.1. The van der Waals surface area contributed by atoms with Crippen molar-refractivity contribution in [2.75, 3.05) is 38.1 Å². The van der Waals surface area contributed by atoms with Crippen LogP contribution in [0.1, 0.15) is 44.9 Å². The summed E-state index contributed by atoms with van der Waals surface area (Å²) < 4.78 is 5.19. The van der Waals surface area contributed by atoms with Crippen molar-refractivity contribution in [1.82, 2.24) is 14.8 Å². The van der Waals surface area contributed by atoms with Crippen LogP contribution in [0.25, 0.3) is 0 Å². The summed E-state index contributed by atoms with van der Waals surface area (Å²) in [4.78, 5) is 34.7. The smallest absolute Gasteiger partial charge is 0.409 e. The maximum Gasteiger partial charge on any atom is 0.409 e. The molecule has 2 aromatic heterocycles. The van der Waals surface area contributed by atoms with Gasteiger partial charge < -0.3 is 15.0 Å². The lowest BCUT2D eigenvalue weighted by Crippen LogP contribution is -2.50. The molecule has 0 aliphatic carbocycles. The Kier molecular flexibility index (Phi) is 7.59. The first kappa shape index (κ1) is 23.9. The normalized spacial score (nSPS) is 15.1. The number of piperazine rings is 1. The number of anilines is 1. The molecule has 0 saturated carbocycles. The topological polar surface area (TPSA) is 74.8 Å². The van der Waals surface area contributed by atoms with E-state index in [0.717, 1.165) is 16.1 Å². The van der Waals surface area contributed by atoms with Crippen LogP contribution in [0.4, 0.5) is 9.80 Å². The number of pyridine rings is 1. The third-order valence-electron chi connectivity index (χ3n) is 6.20. The molecule has 8 heteroatoms. The number of thiophene rings is 1. The Morgan fingerprint density at radius 1 is 1.06 bits per heavy atom. The van der Waals surface area contributed by atoms with Crippen LogP contribution in [0.3, 0.4) is 0 Å². The number of carbonyl (C=O) groups is 2. The van der Waals surface area contributed by atoms with Gasteiger partial charge in [0, 0.05) is 54.6 Å². The number of nitrogens with one attached hydrogen (secondary N) is 1. The van der Waals surface area contributed by atoms with Gasteiger partial charge in [-0.15, -0.1) is 11.3 Å². The van der Waals surface area contributed by atoms with Gasteiger partial charge in [0.25, 0.3) is 5.91 Å². The molecule has 1 saturated heterocycles. The summed E-state index contributed by atoms with van der Waals surface area (Å²) in [6.45, 7) is 8.98. The molecule has 1 atom stereocenters. The molecule has 4 rings (SSSR count). The predicted octanol–water partition coefficient (Wildman–Crippen LogP) is 4.88. The minimum atomic E-state index is -0.263. The van der Waals surface area contributed by atoms with E-state index in [-0.39, 0.29) is 18.0 Å². The molecule has 1 aliphatic heterocycles. The quantitative estimate of drug-likeness (QED) is 0.547. The average molecular weight is 479 g/mol. The van der Waals surface area contributed by atoms with Gasteiger partial charge in [-0.2, -0.15) is 0 Å². The van der Waals surface area contributed by atoms with E-state index in [1.54, 1.807) is 28.6 Å². The van der Waals surface area contributed by atoms with Gasteiger partial charge in [-0.3, -0.25) is 14.7 Å². The number of hydrogen-bond donors (Lipinski definition) is 1. The molecule has 1 N–H and O–H groups in total. The molecule has 0 spiro atoms. The fourth-order valence-corrected chi connectivity index (χ4v) is 5.40. The van der Waals surface area contributed by atoms with Crippen LogP contribution >= 0.6 is 11.3 Å². The Morgan fingerprint density at radius 2 is 1.74 bits per heavy atom. The molecule has 2 amide bonds. The summed E-state index contributed by atoms with van der Waals surface area (Å²) >= 11 is 1.60. The molecule has 0 bridgehead atoms. The van der Waals surface area contributed by atoms with Crippen molar-refractivity contribution in [3.8, 4) is 0 Å². The van der Waals surface area contributed by atoms with Crippen molar-refractivity contribution < 1.29 is 14.3 Å². The zero-order chi connectivity index (χ0) is 24.1. The van der Waals surface area contributed by atoms with Gasteiger partial charge in [-0.1, -0.05) is 18.2 Å². The van der Waals surface area contributed by atoms with Crippen molar-refractivity contribution in [3.05, 3.63) is 82.0 Å². The van der Waals surface area contributed by atoms with E-state index >= 15 is 0 Å². The lowest BCUT2D eigenvalue weighted by atomic mass is 9.95. The Bertz CT molecular complexity index is 1130. The van der Waals surface area contributed by atoms with E-state index in [1.165, 1.54) is 10.4 Å². The summed E-state index contributed by atoms with van der Waals surface area (Å²) in [6, 6.07) is 13.2. The Hall–Kier alpha value is -3.23. The van der Waals surface area contributed by atoms with Gasteiger partial charge >= 0.3 is 6.09 Å². The van der Waals surface area contributed by atoms with E-state index in [4.69, 9.17) is 4.74 Å². The fraction of sp³-hybridized carbons (Fsp3) is 0.346. The van der Waals surface area contributed by atoms with Crippen molar-refractivity contribution in [2.24, 2.45) is 0 Å². The van der Waals surface area contributed by atoms with Crippen LogP contribution in [0.5, 0.6) is 0 Å². The molecular weight excluding hydrogens is 448 g/mol. The molecule has 1 aromatic carbocycles. The van der Waals surface area contributed by atoms with Gasteiger partial charge in [0.05, 0.1) is 12.6 Å². The standard InChI is InChI=1S/C26H30N4O3S/c1-4-33-26(32)30-16-14-29(15-17-30)23(20-10-12-27-13-11-20)22-18(2)19(3)34-25(22)28-24(31)21-8-6-5-7-9-21/h5-13,23H,4,14-17H2,1-3H3,(H,28,31)/t23-/m1/s1. The van der Waals surface area contributed by atoms with E-state index in [1.807, 2.05) is 49.4 Å². The summed E-state index contributed by atoms with van der Waals surface area (Å²) in [5.41, 5.74) is 4.00. The Morgan fingerprint density at radius 3 is 2.38 bits per heavy atom. The molecular formula is C26H30N4O3S. The number of aromatic nitrogens is 1. The molecule has 0 unspecified atom stereocenters. The second kappa shape index (κ2) is 10.8. The van der Waals surface area contributed by atoms with E-state index < -0.39 is 0 Å². The Labute approximate surface area is 204 Å². The lowest BCUT2D eigenvalue weighted by Gasteiger charge is -2.39. The van der Waals surface area contributed by atoms with Crippen LogP contribution in [-0.2, 0) is 4.74 Å². The molecule has 1 fully saturated rings. The number of hydrogen-bond acceptors (Lipinski definition) is 6. The van der Waals surface area contributed by atoms with Crippen molar-refractivity contribution in [1.29, 1.82) is 0 Å². The predicted molar refractivity (Wildman–Crippen MR) is 134 cm³/mol. The fourth-order valence-electron chi connectivity index (χ4n) is 4.31. The lowest BCUT2D eigenvalue weighted by molar-refractivity contribution is 0.0715. The highest BCUT2D eigenvalue weighted by molar-refractivity contribution is 7.16. The first-order chi connectivity index (χ1) is 16.5. The summed E-state index contributed by atoms with van der Waals surface area (Å²) in [7, 11) is 0. The highest BCUT2D eigenvalue weighted by Crippen LogP contribution is 2.42. The summed E-state index contributed by atoms with van der Waals surface area (Å²) in [6.07, 6.45) is 3.34. The number of amides is 2. The van der Waals surface area contributed by atoms with Crippen molar-refractivity contribution >= 4 is 28.3 Å². The third-order valence-corrected chi connectivity index (χ3v) is 7.33.